The van der Waals surface area contributed by atoms with Gasteiger partial charge < -0.3 is 14.8 Å². The van der Waals surface area contributed by atoms with Gasteiger partial charge in [0.05, 0.1) is 6.61 Å². The summed E-state index contributed by atoms with van der Waals surface area (Å²) >= 11 is 0. The fraction of sp³-hybridized carbons (Fsp3) is 0.579. The average Bonchev–Trinajstić information content (AvgIpc) is 2.55. The number of hydrogen-bond acceptors (Lipinski definition) is 4. The molecule has 0 aromatic heterocycles. The van der Waals surface area contributed by atoms with E-state index in [-0.39, 0.29) is 12.5 Å². The van der Waals surface area contributed by atoms with Gasteiger partial charge in [-0.05, 0) is 30.2 Å². The highest BCUT2D eigenvalue weighted by atomic mass is 16.6. The van der Waals surface area contributed by atoms with Crippen LogP contribution in [0.3, 0.4) is 0 Å². The highest BCUT2D eigenvalue weighted by molar-refractivity contribution is 5.81. The molecule has 1 N–H and O–H groups in total. The highest BCUT2D eigenvalue weighted by Gasteiger charge is 2.26. The summed E-state index contributed by atoms with van der Waals surface area (Å²) in [5, 5.41) is 2.60. The van der Waals surface area contributed by atoms with Crippen LogP contribution in [0.4, 0.5) is 4.79 Å². The van der Waals surface area contributed by atoms with Gasteiger partial charge in [0.15, 0.2) is 0 Å². The largest absolute Gasteiger partial charge is 0.464 e. The van der Waals surface area contributed by atoms with Gasteiger partial charge in [-0.2, -0.15) is 0 Å². The lowest BCUT2D eigenvalue weighted by molar-refractivity contribution is -0.147. The third-order valence-corrected chi connectivity index (χ3v) is 3.58. The first-order chi connectivity index (χ1) is 11.4. The molecule has 1 aromatic rings. The van der Waals surface area contributed by atoms with Crippen molar-refractivity contribution in [2.24, 2.45) is 11.8 Å². The van der Waals surface area contributed by atoms with Crippen molar-refractivity contribution in [3.8, 4) is 0 Å². The normalized spacial score (nSPS) is 12.1. The molecule has 0 saturated carbocycles. The molecule has 0 spiro atoms. The lowest BCUT2D eigenvalue weighted by Gasteiger charge is -2.20. The van der Waals surface area contributed by atoms with Crippen LogP contribution < -0.4 is 5.32 Å². The standard InChI is InChI=1S/C19H29NO4/c1-14(2)9-8-12-23-18(21)17(15(3)4)20-19(22)24-13-16-10-6-5-7-11-16/h5-7,10-11,14-15,17H,8-9,12-13H2,1-4H3,(H,20,22). The predicted molar refractivity (Wildman–Crippen MR) is 93.4 cm³/mol. The van der Waals surface area contributed by atoms with Crippen LogP contribution in [0.2, 0.25) is 0 Å². The van der Waals surface area contributed by atoms with E-state index in [1.54, 1.807) is 0 Å². The number of carbonyl (C=O) groups is 2. The van der Waals surface area contributed by atoms with Crippen molar-refractivity contribution in [1.82, 2.24) is 5.32 Å². The average molecular weight is 335 g/mol. The third kappa shape index (κ3) is 7.99. The van der Waals surface area contributed by atoms with Crippen molar-refractivity contribution >= 4 is 12.1 Å². The van der Waals surface area contributed by atoms with Crippen LogP contribution in [-0.4, -0.2) is 24.7 Å². The fourth-order valence-corrected chi connectivity index (χ4v) is 2.14. The first kappa shape index (κ1) is 20.0. The molecule has 0 heterocycles. The lowest BCUT2D eigenvalue weighted by atomic mass is 10.1. The van der Waals surface area contributed by atoms with Crippen LogP contribution in [0.25, 0.3) is 0 Å². The fourth-order valence-electron chi connectivity index (χ4n) is 2.14. The Hall–Kier alpha value is -2.04. The molecule has 1 aromatic carbocycles. The molecule has 5 heteroatoms. The van der Waals surface area contributed by atoms with Crippen molar-refractivity contribution in [1.29, 1.82) is 0 Å². The first-order valence-corrected chi connectivity index (χ1v) is 8.54. The van der Waals surface area contributed by atoms with E-state index in [9.17, 15) is 9.59 Å². The summed E-state index contributed by atoms with van der Waals surface area (Å²) < 4.78 is 10.4. The monoisotopic (exact) mass is 335 g/mol. The molecule has 1 atom stereocenters. The number of amides is 1. The number of benzene rings is 1. The van der Waals surface area contributed by atoms with Crippen LogP contribution in [0.1, 0.15) is 46.1 Å². The predicted octanol–water partition coefficient (Wildman–Crippen LogP) is 3.92. The quantitative estimate of drug-likeness (QED) is 0.549. The Bertz CT molecular complexity index is 499. The molecular weight excluding hydrogens is 306 g/mol. The topological polar surface area (TPSA) is 64.6 Å². The van der Waals surface area contributed by atoms with Crippen LogP contribution in [0.5, 0.6) is 0 Å². The van der Waals surface area contributed by atoms with Gasteiger partial charge in [-0.1, -0.05) is 58.0 Å². The van der Waals surface area contributed by atoms with Crippen LogP contribution in [0.15, 0.2) is 30.3 Å². The maximum absolute atomic E-state index is 12.1. The third-order valence-electron chi connectivity index (χ3n) is 3.58. The smallest absolute Gasteiger partial charge is 0.408 e. The zero-order valence-corrected chi connectivity index (χ0v) is 15.1. The maximum Gasteiger partial charge on any atom is 0.408 e. The summed E-state index contributed by atoms with van der Waals surface area (Å²) in [7, 11) is 0. The summed E-state index contributed by atoms with van der Waals surface area (Å²) in [5.74, 6) is 0.0907. The Labute approximate surface area is 144 Å². The van der Waals surface area contributed by atoms with E-state index in [2.05, 4.69) is 19.2 Å². The van der Waals surface area contributed by atoms with E-state index in [0.717, 1.165) is 18.4 Å². The van der Waals surface area contributed by atoms with E-state index < -0.39 is 18.1 Å². The summed E-state index contributed by atoms with van der Waals surface area (Å²) in [5.41, 5.74) is 0.894. The minimum atomic E-state index is -0.702. The second-order valence-corrected chi connectivity index (χ2v) is 6.63. The molecule has 24 heavy (non-hydrogen) atoms. The van der Waals surface area contributed by atoms with Crippen molar-refractivity contribution in [3.05, 3.63) is 35.9 Å². The first-order valence-electron chi connectivity index (χ1n) is 8.54. The number of carbonyl (C=O) groups excluding carboxylic acids is 2. The molecule has 0 aliphatic heterocycles. The molecule has 5 nitrogen and oxygen atoms in total. The molecule has 0 bridgehead atoms. The molecule has 0 fully saturated rings. The summed E-state index contributed by atoms with van der Waals surface area (Å²) in [4.78, 5) is 24.1. The number of ether oxygens (including phenoxy) is 2. The minimum absolute atomic E-state index is 0.0770. The van der Waals surface area contributed by atoms with E-state index in [4.69, 9.17) is 9.47 Å². The van der Waals surface area contributed by atoms with E-state index in [1.807, 2.05) is 44.2 Å². The van der Waals surface area contributed by atoms with Gasteiger partial charge in [0.2, 0.25) is 0 Å². The molecule has 0 radical (unpaired) electrons. The van der Waals surface area contributed by atoms with Crippen molar-refractivity contribution in [2.45, 2.75) is 53.2 Å². The van der Waals surface area contributed by atoms with Crippen molar-refractivity contribution in [3.63, 3.8) is 0 Å². The van der Waals surface area contributed by atoms with Gasteiger partial charge in [0.1, 0.15) is 12.6 Å². The Morgan fingerprint density at radius 1 is 1.04 bits per heavy atom. The number of rotatable bonds is 9. The Morgan fingerprint density at radius 3 is 2.29 bits per heavy atom. The number of hydrogen-bond donors (Lipinski definition) is 1. The van der Waals surface area contributed by atoms with Gasteiger partial charge in [0, 0.05) is 0 Å². The van der Waals surface area contributed by atoms with E-state index >= 15 is 0 Å². The molecule has 0 saturated heterocycles. The van der Waals surface area contributed by atoms with E-state index in [0.29, 0.717) is 12.5 Å². The second-order valence-electron chi connectivity index (χ2n) is 6.63. The molecule has 1 unspecified atom stereocenters. The number of alkyl carbamates (subject to hydrolysis) is 1. The number of esters is 1. The molecule has 0 aliphatic carbocycles. The van der Waals surface area contributed by atoms with E-state index in [1.165, 1.54) is 0 Å². The van der Waals surface area contributed by atoms with Gasteiger partial charge in [-0.25, -0.2) is 9.59 Å². The van der Waals surface area contributed by atoms with Gasteiger partial charge in [-0.3, -0.25) is 0 Å². The zero-order chi connectivity index (χ0) is 17.9. The Balaban J connectivity index is 2.40. The second kappa shape index (κ2) is 10.7. The molecule has 1 amide bonds. The SMILES string of the molecule is CC(C)CCCOC(=O)C(NC(=O)OCc1ccccc1)C(C)C. The summed E-state index contributed by atoms with van der Waals surface area (Å²) in [6.45, 7) is 8.52. The van der Waals surface area contributed by atoms with Crippen LogP contribution in [0, 0.1) is 11.8 Å². The van der Waals surface area contributed by atoms with Gasteiger partial charge in [0.25, 0.3) is 0 Å². The molecule has 0 aliphatic rings. The van der Waals surface area contributed by atoms with Crippen molar-refractivity contribution in [2.75, 3.05) is 6.61 Å². The maximum atomic E-state index is 12.1. The van der Waals surface area contributed by atoms with Crippen LogP contribution in [-0.2, 0) is 20.9 Å². The summed E-state index contributed by atoms with van der Waals surface area (Å²) in [6, 6.07) is 8.69. The molecule has 134 valence electrons. The minimum Gasteiger partial charge on any atom is -0.464 e. The van der Waals surface area contributed by atoms with Crippen LogP contribution >= 0.6 is 0 Å². The summed E-state index contributed by atoms with van der Waals surface area (Å²) in [6.07, 6.45) is 1.22. The van der Waals surface area contributed by atoms with Crippen molar-refractivity contribution < 1.29 is 19.1 Å². The molecular formula is C19H29NO4. The lowest BCUT2D eigenvalue weighted by Crippen LogP contribution is -2.45. The Morgan fingerprint density at radius 2 is 1.71 bits per heavy atom. The highest BCUT2D eigenvalue weighted by Crippen LogP contribution is 2.08. The van der Waals surface area contributed by atoms with Gasteiger partial charge >= 0.3 is 12.1 Å². The van der Waals surface area contributed by atoms with Gasteiger partial charge in [-0.15, -0.1) is 0 Å². The zero-order valence-electron chi connectivity index (χ0n) is 15.1. The molecule has 1 rings (SSSR count). The number of nitrogens with one attached hydrogen (secondary N) is 1. The Kier molecular flexibility index (Phi) is 8.90.